The van der Waals surface area contributed by atoms with Crippen LogP contribution in [0.15, 0.2) is 30.4 Å². The highest BCUT2D eigenvalue weighted by atomic mass is 14.3. The van der Waals surface area contributed by atoms with Crippen LogP contribution in [0.1, 0.15) is 43.4 Å². The predicted octanol–water partition coefficient (Wildman–Crippen LogP) is 4.55. The number of rotatable bonds is 1. The van der Waals surface area contributed by atoms with E-state index in [1.54, 1.807) is 0 Å². The average Bonchev–Trinajstić information content (AvgIpc) is 2.21. The molecule has 0 radical (unpaired) electrons. The molecular formula is C16H22. The number of allylic oxidation sites excluding steroid dienone is 2. The van der Waals surface area contributed by atoms with E-state index in [-0.39, 0.29) is 5.41 Å². The molecule has 0 saturated heterocycles. The standard InChI is InChI=1S/C16H22/c1-12-7-6-10-16(4,11-12)15-9-5-8-13(2)14(15)3/h5-6,8-10,12H,7,11H2,1-4H3. The molecule has 0 saturated carbocycles. The molecule has 2 rings (SSSR count). The van der Waals surface area contributed by atoms with Crippen LogP contribution < -0.4 is 0 Å². The molecule has 16 heavy (non-hydrogen) atoms. The zero-order valence-electron chi connectivity index (χ0n) is 10.9. The summed E-state index contributed by atoms with van der Waals surface area (Å²) in [5.41, 5.74) is 4.62. The number of hydrogen-bond acceptors (Lipinski definition) is 0. The van der Waals surface area contributed by atoms with Gasteiger partial charge in [-0.25, -0.2) is 0 Å². The van der Waals surface area contributed by atoms with Gasteiger partial charge in [-0.05, 0) is 49.3 Å². The first kappa shape index (κ1) is 11.4. The van der Waals surface area contributed by atoms with Gasteiger partial charge < -0.3 is 0 Å². The van der Waals surface area contributed by atoms with Crippen LogP contribution in [0.25, 0.3) is 0 Å². The molecule has 0 amide bonds. The van der Waals surface area contributed by atoms with E-state index in [1.165, 1.54) is 29.5 Å². The lowest BCUT2D eigenvalue weighted by molar-refractivity contribution is 0.394. The van der Waals surface area contributed by atoms with Crippen LogP contribution in [0.2, 0.25) is 0 Å². The van der Waals surface area contributed by atoms with Crippen LogP contribution in [0, 0.1) is 19.8 Å². The summed E-state index contributed by atoms with van der Waals surface area (Å²) in [6.45, 7) is 9.19. The van der Waals surface area contributed by atoms with E-state index in [0.29, 0.717) is 0 Å². The van der Waals surface area contributed by atoms with Gasteiger partial charge in [-0.3, -0.25) is 0 Å². The van der Waals surface area contributed by atoms with Gasteiger partial charge in [-0.15, -0.1) is 0 Å². The number of aryl methyl sites for hydroxylation is 1. The van der Waals surface area contributed by atoms with Crippen LogP contribution in [0.4, 0.5) is 0 Å². The molecule has 1 aromatic rings. The fraction of sp³-hybridized carbons (Fsp3) is 0.500. The number of benzene rings is 1. The second-order valence-corrected chi connectivity index (χ2v) is 5.61. The highest BCUT2D eigenvalue weighted by Gasteiger charge is 2.29. The Balaban J connectivity index is 2.47. The van der Waals surface area contributed by atoms with Crippen molar-refractivity contribution in [3.8, 4) is 0 Å². The van der Waals surface area contributed by atoms with Crippen molar-refractivity contribution in [3.63, 3.8) is 0 Å². The summed E-state index contributed by atoms with van der Waals surface area (Å²) in [6.07, 6.45) is 7.28. The molecule has 2 atom stereocenters. The Morgan fingerprint density at radius 2 is 2.00 bits per heavy atom. The van der Waals surface area contributed by atoms with Gasteiger partial charge in [0.25, 0.3) is 0 Å². The lowest BCUT2D eigenvalue weighted by Crippen LogP contribution is -2.26. The fourth-order valence-corrected chi connectivity index (χ4v) is 3.01. The second kappa shape index (κ2) is 4.08. The minimum absolute atomic E-state index is 0.244. The van der Waals surface area contributed by atoms with E-state index in [2.05, 4.69) is 58.0 Å². The summed E-state index contributed by atoms with van der Waals surface area (Å²) < 4.78 is 0. The van der Waals surface area contributed by atoms with Crippen molar-refractivity contribution in [1.82, 2.24) is 0 Å². The molecule has 1 aliphatic rings. The maximum Gasteiger partial charge on any atom is 0.0109 e. The van der Waals surface area contributed by atoms with Crippen molar-refractivity contribution < 1.29 is 0 Å². The van der Waals surface area contributed by atoms with Gasteiger partial charge in [0, 0.05) is 5.41 Å². The quantitative estimate of drug-likeness (QED) is 0.602. The summed E-state index contributed by atoms with van der Waals surface area (Å²) in [7, 11) is 0. The van der Waals surface area contributed by atoms with Crippen molar-refractivity contribution >= 4 is 0 Å². The lowest BCUT2D eigenvalue weighted by Gasteiger charge is -2.34. The molecule has 0 fully saturated rings. The van der Waals surface area contributed by atoms with Crippen LogP contribution in [-0.4, -0.2) is 0 Å². The number of hydrogen-bond donors (Lipinski definition) is 0. The van der Waals surface area contributed by atoms with Crippen molar-refractivity contribution in [1.29, 1.82) is 0 Å². The fourth-order valence-electron chi connectivity index (χ4n) is 3.01. The Labute approximate surface area is 99.4 Å². The molecule has 0 aromatic heterocycles. The molecule has 1 aromatic carbocycles. The minimum atomic E-state index is 0.244. The first-order valence-corrected chi connectivity index (χ1v) is 6.27. The third kappa shape index (κ3) is 1.93. The van der Waals surface area contributed by atoms with Crippen LogP contribution >= 0.6 is 0 Å². The maximum absolute atomic E-state index is 2.41. The van der Waals surface area contributed by atoms with E-state index in [1.807, 2.05) is 0 Å². The van der Waals surface area contributed by atoms with E-state index in [0.717, 1.165) is 5.92 Å². The zero-order chi connectivity index (χ0) is 11.8. The highest BCUT2D eigenvalue weighted by Crippen LogP contribution is 2.39. The van der Waals surface area contributed by atoms with E-state index < -0.39 is 0 Å². The molecule has 1 aliphatic carbocycles. The Hall–Kier alpha value is -1.04. The highest BCUT2D eigenvalue weighted by molar-refractivity contribution is 5.41. The Bertz CT molecular complexity index is 414. The van der Waals surface area contributed by atoms with Gasteiger partial charge in [0.2, 0.25) is 0 Å². The molecule has 2 unspecified atom stereocenters. The van der Waals surface area contributed by atoms with Gasteiger partial charge >= 0.3 is 0 Å². The molecule has 86 valence electrons. The summed E-state index contributed by atoms with van der Waals surface area (Å²) in [5.74, 6) is 0.801. The maximum atomic E-state index is 2.41. The molecule has 0 bridgehead atoms. The topological polar surface area (TPSA) is 0 Å². The minimum Gasteiger partial charge on any atom is -0.0874 e. The summed E-state index contributed by atoms with van der Waals surface area (Å²) in [4.78, 5) is 0. The SMILES string of the molecule is Cc1cccc(C2(C)C=CCC(C)C2)c1C. The van der Waals surface area contributed by atoms with Crippen molar-refractivity contribution in [3.05, 3.63) is 47.0 Å². The van der Waals surface area contributed by atoms with Crippen molar-refractivity contribution in [2.24, 2.45) is 5.92 Å². The molecule has 0 nitrogen and oxygen atoms in total. The first-order chi connectivity index (χ1) is 7.53. The van der Waals surface area contributed by atoms with Crippen molar-refractivity contribution in [2.45, 2.75) is 46.0 Å². The van der Waals surface area contributed by atoms with Gasteiger partial charge in [0.05, 0.1) is 0 Å². The molecule has 0 spiro atoms. The van der Waals surface area contributed by atoms with E-state index >= 15 is 0 Å². The van der Waals surface area contributed by atoms with Gasteiger partial charge in [-0.2, -0.15) is 0 Å². The molecule has 0 aliphatic heterocycles. The van der Waals surface area contributed by atoms with Crippen molar-refractivity contribution in [2.75, 3.05) is 0 Å². The summed E-state index contributed by atoms with van der Waals surface area (Å²) >= 11 is 0. The largest absolute Gasteiger partial charge is 0.0874 e. The summed E-state index contributed by atoms with van der Waals surface area (Å²) in [6, 6.07) is 6.69. The van der Waals surface area contributed by atoms with Gasteiger partial charge in [0.15, 0.2) is 0 Å². The summed E-state index contributed by atoms with van der Waals surface area (Å²) in [5, 5.41) is 0. The smallest absolute Gasteiger partial charge is 0.0109 e. The third-order valence-corrected chi connectivity index (χ3v) is 4.02. The van der Waals surface area contributed by atoms with Gasteiger partial charge in [-0.1, -0.05) is 44.2 Å². The first-order valence-electron chi connectivity index (χ1n) is 6.27. The zero-order valence-corrected chi connectivity index (χ0v) is 10.9. The van der Waals surface area contributed by atoms with Crippen LogP contribution in [0.5, 0.6) is 0 Å². The lowest BCUT2D eigenvalue weighted by atomic mass is 9.70. The molecule has 0 N–H and O–H groups in total. The molecule has 0 heterocycles. The van der Waals surface area contributed by atoms with Crippen LogP contribution in [-0.2, 0) is 5.41 Å². The van der Waals surface area contributed by atoms with E-state index in [4.69, 9.17) is 0 Å². The second-order valence-electron chi connectivity index (χ2n) is 5.61. The Kier molecular flexibility index (Phi) is 2.92. The van der Waals surface area contributed by atoms with Crippen LogP contribution in [0.3, 0.4) is 0 Å². The molecule has 0 heteroatoms. The van der Waals surface area contributed by atoms with Gasteiger partial charge in [0.1, 0.15) is 0 Å². The van der Waals surface area contributed by atoms with E-state index in [9.17, 15) is 0 Å². The third-order valence-electron chi connectivity index (χ3n) is 4.02. The molecular weight excluding hydrogens is 192 g/mol. The monoisotopic (exact) mass is 214 g/mol. The average molecular weight is 214 g/mol. The normalized spacial score (nSPS) is 29.4. The predicted molar refractivity (Wildman–Crippen MR) is 70.8 cm³/mol. The Morgan fingerprint density at radius 3 is 2.69 bits per heavy atom. The Morgan fingerprint density at radius 1 is 1.25 bits per heavy atom.